The second kappa shape index (κ2) is 6.89. The lowest BCUT2D eigenvalue weighted by atomic mass is 9.93. The number of anilines is 1. The van der Waals surface area contributed by atoms with Gasteiger partial charge in [0.25, 0.3) is 0 Å². The van der Waals surface area contributed by atoms with Crippen molar-refractivity contribution in [3.8, 4) is 0 Å². The van der Waals surface area contributed by atoms with Gasteiger partial charge in [-0.3, -0.25) is 4.79 Å². The minimum atomic E-state index is -3.74. The van der Waals surface area contributed by atoms with Crippen LogP contribution in [0, 0.1) is 12.7 Å². The molecule has 3 N–H and O–H groups in total. The van der Waals surface area contributed by atoms with Crippen LogP contribution in [-0.2, 0) is 15.6 Å². The van der Waals surface area contributed by atoms with E-state index in [1.54, 1.807) is 6.92 Å². The lowest BCUT2D eigenvalue weighted by molar-refractivity contribution is 0.100. The SMILES string of the molecule is Cc1nc(C(=O)CNc2ccc(F)c(C3(C)CS(=O)(=O)N(C)C(N)=N3)c2)co1. The first kappa shape index (κ1) is 19.8. The standard InChI is InChI=1S/C17H20FN5O4S/c1-10-21-14(8-27-10)15(24)7-20-11-4-5-13(18)12(6-11)17(2)9-28(25,26)23(3)16(19)22-17/h4-6,8,20H,7,9H2,1-3H3,(H2,19,22). The molecule has 2 aromatic rings. The zero-order valence-electron chi connectivity index (χ0n) is 15.6. The van der Waals surface area contributed by atoms with Crippen molar-refractivity contribution in [1.82, 2.24) is 9.29 Å². The van der Waals surface area contributed by atoms with E-state index < -0.39 is 27.1 Å². The fourth-order valence-corrected chi connectivity index (χ4v) is 4.35. The summed E-state index contributed by atoms with van der Waals surface area (Å²) in [6.45, 7) is 3.02. The highest BCUT2D eigenvalue weighted by atomic mass is 32.2. The molecule has 0 aliphatic carbocycles. The van der Waals surface area contributed by atoms with Crippen molar-refractivity contribution in [1.29, 1.82) is 0 Å². The summed E-state index contributed by atoms with van der Waals surface area (Å²) in [4.78, 5) is 20.3. The predicted molar refractivity (Wildman–Crippen MR) is 101 cm³/mol. The maximum absolute atomic E-state index is 14.5. The van der Waals surface area contributed by atoms with Crippen molar-refractivity contribution in [2.45, 2.75) is 19.4 Å². The Balaban J connectivity index is 1.87. The van der Waals surface area contributed by atoms with Crippen LogP contribution in [0.5, 0.6) is 0 Å². The number of oxazole rings is 1. The summed E-state index contributed by atoms with van der Waals surface area (Å²) in [5.74, 6) is -1.21. The Hall–Kier alpha value is -2.95. The van der Waals surface area contributed by atoms with Crippen LogP contribution >= 0.6 is 0 Å². The zero-order valence-corrected chi connectivity index (χ0v) is 16.4. The number of nitrogens with two attached hydrogens (primary N) is 1. The molecule has 3 rings (SSSR count). The Morgan fingerprint density at radius 1 is 1.46 bits per heavy atom. The van der Waals surface area contributed by atoms with E-state index in [4.69, 9.17) is 10.2 Å². The number of aryl methyl sites for hydroxylation is 1. The average Bonchev–Trinajstić information content (AvgIpc) is 3.04. The van der Waals surface area contributed by atoms with Crippen LogP contribution in [0.25, 0.3) is 0 Å². The Morgan fingerprint density at radius 2 is 2.18 bits per heavy atom. The highest BCUT2D eigenvalue weighted by Gasteiger charge is 2.41. The minimum absolute atomic E-state index is 0.0573. The molecule has 1 unspecified atom stereocenters. The Labute approximate surface area is 161 Å². The number of aliphatic imine (C=N–C) groups is 1. The fraction of sp³-hybridized carbons (Fsp3) is 0.353. The predicted octanol–water partition coefficient (Wildman–Crippen LogP) is 1.22. The van der Waals surface area contributed by atoms with Gasteiger partial charge in [-0.2, -0.15) is 0 Å². The molecular weight excluding hydrogens is 389 g/mol. The van der Waals surface area contributed by atoms with Gasteiger partial charge in [0.1, 0.15) is 23.3 Å². The molecule has 9 nitrogen and oxygen atoms in total. The third-order valence-electron chi connectivity index (χ3n) is 4.47. The van der Waals surface area contributed by atoms with Gasteiger partial charge >= 0.3 is 0 Å². The van der Waals surface area contributed by atoms with Crippen molar-refractivity contribution in [2.24, 2.45) is 10.7 Å². The first-order chi connectivity index (χ1) is 13.0. The van der Waals surface area contributed by atoms with Crippen molar-refractivity contribution in [2.75, 3.05) is 24.7 Å². The van der Waals surface area contributed by atoms with E-state index in [-0.39, 0.29) is 29.5 Å². The maximum atomic E-state index is 14.5. The number of ketones is 1. The van der Waals surface area contributed by atoms with Gasteiger partial charge in [0.2, 0.25) is 21.8 Å². The number of sulfonamides is 1. The largest absolute Gasteiger partial charge is 0.449 e. The van der Waals surface area contributed by atoms with Gasteiger partial charge in [-0.15, -0.1) is 0 Å². The van der Waals surface area contributed by atoms with E-state index in [0.29, 0.717) is 11.6 Å². The lowest BCUT2D eigenvalue weighted by Crippen LogP contribution is -2.50. The molecule has 1 aliphatic heterocycles. The normalized spacial score (nSPS) is 21.3. The van der Waals surface area contributed by atoms with Gasteiger partial charge in [-0.05, 0) is 25.1 Å². The van der Waals surface area contributed by atoms with E-state index in [2.05, 4.69) is 15.3 Å². The highest BCUT2D eigenvalue weighted by Crippen LogP contribution is 2.34. The minimum Gasteiger partial charge on any atom is -0.449 e. The molecule has 0 radical (unpaired) electrons. The van der Waals surface area contributed by atoms with E-state index in [9.17, 15) is 17.6 Å². The summed E-state index contributed by atoms with van der Waals surface area (Å²) in [6.07, 6.45) is 1.26. The molecule has 0 fully saturated rings. The number of aromatic nitrogens is 1. The van der Waals surface area contributed by atoms with Crippen molar-refractivity contribution in [3.63, 3.8) is 0 Å². The molecular formula is C17H20FN5O4S. The number of Topliss-reactive ketones (excluding diaryl/α,β-unsaturated/α-hetero) is 1. The number of rotatable bonds is 5. The van der Waals surface area contributed by atoms with Crippen LogP contribution in [0.3, 0.4) is 0 Å². The summed E-state index contributed by atoms with van der Waals surface area (Å²) >= 11 is 0. The molecule has 1 aromatic carbocycles. The Kier molecular flexibility index (Phi) is 4.88. The van der Waals surface area contributed by atoms with Crippen LogP contribution in [0.1, 0.15) is 28.9 Å². The molecule has 2 heterocycles. The van der Waals surface area contributed by atoms with Crippen LogP contribution in [-0.4, -0.2) is 48.8 Å². The first-order valence-electron chi connectivity index (χ1n) is 8.33. The third kappa shape index (κ3) is 3.70. The first-order valence-corrected chi connectivity index (χ1v) is 9.94. The van der Waals surface area contributed by atoms with Gasteiger partial charge in [-0.25, -0.2) is 27.1 Å². The van der Waals surface area contributed by atoms with Crippen molar-refractivity contribution < 1.29 is 22.0 Å². The summed E-state index contributed by atoms with van der Waals surface area (Å²) in [7, 11) is -2.45. The maximum Gasteiger partial charge on any atom is 0.239 e. The number of carbonyl (C=O) groups excluding carboxylic acids is 1. The van der Waals surface area contributed by atoms with Gasteiger partial charge in [0, 0.05) is 25.2 Å². The number of hydrogen-bond donors (Lipinski definition) is 2. The van der Waals surface area contributed by atoms with Crippen LogP contribution in [0.15, 0.2) is 33.9 Å². The molecule has 0 saturated heterocycles. The summed E-state index contributed by atoms with van der Waals surface area (Å²) in [5, 5.41) is 2.88. The third-order valence-corrected chi connectivity index (χ3v) is 6.42. The molecule has 0 saturated carbocycles. The number of guanidine groups is 1. The van der Waals surface area contributed by atoms with Crippen molar-refractivity contribution in [3.05, 3.63) is 47.4 Å². The van der Waals surface area contributed by atoms with Crippen LogP contribution in [0.2, 0.25) is 0 Å². The quantitative estimate of drug-likeness (QED) is 0.710. The summed E-state index contributed by atoms with van der Waals surface area (Å²) < 4.78 is 45.0. The number of nitrogens with zero attached hydrogens (tertiary/aromatic N) is 3. The molecule has 11 heteroatoms. The van der Waals surface area contributed by atoms with Gasteiger partial charge in [0.05, 0.1) is 12.3 Å². The number of halogens is 1. The fourth-order valence-electron chi connectivity index (χ4n) is 2.90. The molecule has 150 valence electrons. The number of hydrogen-bond acceptors (Lipinski definition) is 8. The molecule has 0 amide bonds. The van der Waals surface area contributed by atoms with E-state index in [0.717, 1.165) is 4.31 Å². The van der Waals surface area contributed by atoms with Crippen LogP contribution in [0.4, 0.5) is 10.1 Å². The summed E-state index contributed by atoms with van der Waals surface area (Å²) in [6, 6.07) is 4.05. The number of benzene rings is 1. The highest BCUT2D eigenvalue weighted by molar-refractivity contribution is 7.89. The number of carbonyl (C=O) groups is 1. The van der Waals surface area contributed by atoms with E-state index >= 15 is 0 Å². The topological polar surface area (TPSA) is 131 Å². The van der Waals surface area contributed by atoms with Crippen LogP contribution < -0.4 is 11.1 Å². The second-order valence-corrected chi connectivity index (χ2v) is 8.69. The van der Waals surface area contributed by atoms with E-state index in [1.807, 2.05) is 0 Å². The van der Waals surface area contributed by atoms with Gasteiger partial charge < -0.3 is 15.5 Å². The smallest absolute Gasteiger partial charge is 0.239 e. The zero-order chi connectivity index (χ0) is 20.7. The second-order valence-electron chi connectivity index (χ2n) is 6.69. The Morgan fingerprint density at radius 3 is 2.79 bits per heavy atom. The molecule has 28 heavy (non-hydrogen) atoms. The lowest BCUT2D eigenvalue weighted by Gasteiger charge is -2.34. The molecule has 1 aliphatic rings. The molecule has 0 bridgehead atoms. The molecule has 0 spiro atoms. The molecule has 1 atom stereocenters. The van der Waals surface area contributed by atoms with Gasteiger partial charge in [-0.1, -0.05) is 0 Å². The Bertz CT molecular complexity index is 1070. The number of nitrogens with one attached hydrogen (secondary N) is 1. The molecule has 1 aromatic heterocycles. The van der Waals surface area contributed by atoms with Gasteiger partial charge in [0.15, 0.2) is 5.89 Å². The summed E-state index contributed by atoms with van der Waals surface area (Å²) in [5.41, 5.74) is 4.98. The van der Waals surface area contributed by atoms with Crippen molar-refractivity contribution >= 4 is 27.5 Å². The monoisotopic (exact) mass is 409 g/mol. The average molecular weight is 409 g/mol. The van der Waals surface area contributed by atoms with E-state index in [1.165, 1.54) is 38.4 Å².